The molecule has 304 valence electrons. The van der Waals surface area contributed by atoms with E-state index in [1.165, 1.54) is 57.8 Å². The van der Waals surface area contributed by atoms with Crippen LogP contribution in [0.1, 0.15) is 46.4 Å². The van der Waals surface area contributed by atoms with Gasteiger partial charge in [-0.25, -0.2) is 0 Å². The van der Waals surface area contributed by atoms with Crippen LogP contribution in [0.4, 0.5) is 5.69 Å². The number of fused-ring (bicyclic) bond motifs is 2. The second kappa shape index (κ2) is 19.0. The number of hydrogen-bond acceptors (Lipinski definition) is 3. The summed E-state index contributed by atoms with van der Waals surface area (Å²) < 4.78 is 14.8. The molecular weight excluding hydrogens is 743 g/mol. The van der Waals surface area contributed by atoms with Gasteiger partial charge in [-0.15, -0.1) is 0 Å². The largest absolute Gasteiger partial charge is 0.439 e. The van der Waals surface area contributed by atoms with Crippen molar-refractivity contribution >= 4 is 45.4 Å². The fourth-order valence-electron chi connectivity index (χ4n) is 9.05. The minimum Gasteiger partial charge on any atom is -0.439 e. The number of rotatable bonds is 12. The minimum absolute atomic E-state index is 0.812. The topological polar surface area (TPSA) is 29.5 Å². The molecule has 2 heterocycles. The lowest BCUT2D eigenvalue weighted by molar-refractivity contribution is -0.674. The summed E-state index contributed by atoms with van der Waals surface area (Å²) in [5.41, 5.74) is 13.2. The van der Waals surface area contributed by atoms with Crippen LogP contribution in [-0.4, -0.2) is 12.7 Å². The Labute approximate surface area is 362 Å². The molecule has 1 aromatic heterocycles. The molecule has 1 aliphatic heterocycles. The summed E-state index contributed by atoms with van der Waals surface area (Å²) in [7, 11) is 0. The third-order valence-electron chi connectivity index (χ3n) is 12.1. The zero-order valence-corrected chi connectivity index (χ0v) is 35.9. The number of hydrogen-bond donors (Lipinski definition) is 0. The summed E-state index contributed by atoms with van der Waals surface area (Å²) in [6.07, 6.45) is 6.91. The molecule has 5 heteroatoms. The molecular formula is C56H55BN2O2. The first-order valence-corrected chi connectivity index (χ1v) is 21.9. The first kappa shape index (κ1) is 40.9. The molecule has 61 heavy (non-hydrogen) atoms. The van der Waals surface area contributed by atoms with Crippen LogP contribution in [0, 0.1) is 0 Å². The average molecular weight is 799 g/mol. The Morgan fingerprint density at radius 1 is 0.590 bits per heavy atom. The maximum absolute atomic E-state index is 6.30. The molecule has 8 aromatic rings. The number of aryl methyl sites for hydroxylation is 1. The van der Waals surface area contributed by atoms with Gasteiger partial charge < -0.3 is 14.1 Å². The number of nitrogens with zero attached hydrogens (tertiary/aromatic N) is 2. The zero-order valence-electron chi connectivity index (χ0n) is 35.9. The smallest absolute Gasteiger partial charge is 0.374 e. The molecule has 0 atom stereocenters. The lowest BCUT2D eigenvalue weighted by Crippen LogP contribution is -2.66. The molecule has 0 N–H and O–H groups in total. The highest BCUT2D eigenvalue weighted by atomic mass is 16.5. The van der Waals surface area contributed by atoms with Crippen LogP contribution in [0.5, 0.6) is 5.75 Å². The molecule has 0 saturated heterocycles. The van der Waals surface area contributed by atoms with Gasteiger partial charge in [-0.3, -0.25) is 0 Å². The number of benzene rings is 7. The van der Waals surface area contributed by atoms with E-state index in [2.05, 4.69) is 225 Å². The predicted octanol–water partition coefficient (Wildman–Crippen LogP) is 12.2. The van der Waals surface area contributed by atoms with E-state index in [1.54, 1.807) is 0 Å². The second-order valence-corrected chi connectivity index (χ2v) is 15.9. The van der Waals surface area contributed by atoms with Crippen LogP contribution in [-0.2, 0) is 6.54 Å². The van der Waals surface area contributed by atoms with Gasteiger partial charge in [-0.2, -0.15) is 27.3 Å². The molecule has 0 unspecified atom stereocenters. The predicted molar refractivity (Wildman–Crippen MR) is 258 cm³/mol. The van der Waals surface area contributed by atoms with Gasteiger partial charge in [0.15, 0.2) is 5.75 Å². The van der Waals surface area contributed by atoms with Crippen molar-refractivity contribution in [1.82, 2.24) is 0 Å². The standard InChI is InChI=1S/C34H31N2O2.C22H24B/c1-4-35-29-22-27(25-12-8-6-9-13-25)16-18-31(29)37-33(35)20-24(3)21-34-36(5-2)30-23-28(17-19-32(30)38-34)26-14-10-7-11-15-26;1-2-3-19-23(20-13-7-4-8-14-20,21-15-9-5-10-16-21)22-17-11-6-12-18-22/h6-23H,4-5H2,1-3H3;4-18H,2-3,19H2,1H3/q+1;-1. The third-order valence-corrected chi connectivity index (χ3v) is 12.1. The van der Waals surface area contributed by atoms with Crippen molar-refractivity contribution in [1.29, 1.82) is 0 Å². The van der Waals surface area contributed by atoms with Crippen molar-refractivity contribution in [3.63, 3.8) is 0 Å². The highest BCUT2D eigenvalue weighted by molar-refractivity contribution is 7.11. The number of oxazole rings is 1. The monoisotopic (exact) mass is 798 g/mol. The normalized spacial score (nSPS) is 13.1. The van der Waals surface area contributed by atoms with E-state index in [0.29, 0.717) is 0 Å². The van der Waals surface area contributed by atoms with Crippen LogP contribution < -0.4 is 30.6 Å². The molecule has 9 rings (SSSR count). The van der Waals surface area contributed by atoms with Gasteiger partial charge in [0.2, 0.25) is 11.5 Å². The maximum Gasteiger partial charge on any atom is 0.374 e. The third kappa shape index (κ3) is 8.74. The molecule has 0 aliphatic carbocycles. The summed E-state index contributed by atoms with van der Waals surface area (Å²) in [5, 5.41) is 0. The fraction of sp³-hybridized carbons (Fsp3) is 0.161. The molecule has 0 bridgehead atoms. The summed E-state index contributed by atoms with van der Waals surface area (Å²) in [6.45, 7) is 10.3. The maximum atomic E-state index is 6.30. The van der Waals surface area contributed by atoms with Crippen molar-refractivity contribution in [2.75, 3.05) is 11.4 Å². The van der Waals surface area contributed by atoms with Crippen molar-refractivity contribution < 1.29 is 13.7 Å². The number of unbranched alkanes of at least 4 members (excludes halogenated alkanes) is 1. The Hall–Kier alpha value is -6.85. The van der Waals surface area contributed by atoms with Gasteiger partial charge in [0.05, 0.1) is 17.9 Å². The number of aromatic nitrogens is 1. The van der Waals surface area contributed by atoms with Gasteiger partial charge in [-0.1, -0.05) is 184 Å². The van der Waals surface area contributed by atoms with Crippen LogP contribution in [0.15, 0.2) is 210 Å². The number of allylic oxidation sites excluding steroid dienone is 2. The highest BCUT2D eigenvalue weighted by Gasteiger charge is 2.29. The van der Waals surface area contributed by atoms with E-state index < -0.39 is 6.15 Å². The molecule has 0 amide bonds. The molecule has 0 spiro atoms. The Morgan fingerprint density at radius 3 is 1.61 bits per heavy atom. The minimum atomic E-state index is -0.913. The fourth-order valence-corrected chi connectivity index (χ4v) is 9.05. The summed E-state index contributed by atoms with van der Waals surface area (Å²) in [6, 6.07) is 66.9. The van der Waals surface area contributed by atoms with Crippen LogP contribution >= 0.6 is 0 Å². The molecule has 1 aliphatic rings. The van der Waals surface area contributed by atoms with Gasteiger partial charge in [-0.05, 0) is 66.8 Å². The Balaban J connectivity index is 0.000000191. The van der Waals surface area contributed by atoms with Gasteiger partial charge in [0, 0.05) is 18.7 Å². The second-order valence-electron chi connectivity index (χ2n) is 15.9. The number of anilines is 1. The van der Waals surface area contributed by atoms with E-state index in [-0.39, 0.29) is 0 Å². The van der Waals surface area contributed by atoms with E-state index in [9.17, 15) is 0 Å². The summed E-state index contributed by atoms with van der Waals surface area (Å²) in [4.78, 5) is 2.22. The van der Waals surface area contributed by atoms with Gasteiger partial charge in [0.25, 0.3) is 5.52 Å². The van der Waals surface area contributed by atoms with Crippen molar-refractivity contribution in [3.05, 3.63) is 211 Å². The van der Waals surface area contributed by atoms with E-state index in [0.717, 1.165) is 53.0 Å². The summed E-state index contributed by atoms with van der Waals surface area (Å²) in [5.74, 6) is 2.53. The van der Waals surface area contributed by atoms with E-state index in [4.69, 9.17) is 9.15 Å². The van der Waals surface area contributed by atoms with Crippen molar-refractivity contribution in [2.24, 2.45) is 0 Å². The molecule has 0 radical (unpaired) electrons. The van der Waals surface area contributed by atoms with Gasteiger partial charge in [0.1, 0.15) is 6.54 Å². The Kier molecular flexibility index (Phi) is 12.8. The zero-order chi connectivity index (χ0) is 42.0. The van der Waals surface area contributed by atoms with Gasteiger partial charge >= 0.3 is 5.89 Å². The Morgan fingerprint density at radius 2 is 1.10 bits per heavy atom. The lowest BCUT2D eigenvalue weighted by Gasteiger charge is -2.43. The van der Waals surface area contributed by atoms with E-state index >= 15 is 0 Å². The summed E-state index contributed by atoms with van der Waals surface area (Å²) >= 11 is 0. The van der Waals surface area contributed by atoms with E-state index in [1.807, 2.05) is 12.1 Å². The van der Waals surface area contributed by atoms with Crippen LogP contribution in [0.3, 0.4) is 0 Å². The highest BCUT2D eigenvalue weighted by Crippen LogP contribution is 2.41. The van der Waals surface area contributed by atoms with Crippen LogP contribution in [0.2, 0.25) is 6.32 Å². The average Bonchev–Trinajstić information content (AvgIpc) is 3.86. The molecule has 4 nitrogen and oxygen atoms in total. The SMILES string of the molecule is CCCC[B-](c1ccccc1)(c1ccccc1)c1ccccc1.CCN1/C(=C/C(C)=C/c2oc3ccc(-c4ccccc4)cc3[n+]2CC)Oc2ccc(-c3ccccc3)cc21. The van der Waals surface area contributed by atoms with Crippen LogP contribution in [0.25, 0.3) is 39.4 Å². The van der Waals surface area contributed by atoms with Crippen molar-refractivity contribution in [2.45, 2.75) is 53.4 Å². The lowest BCUT2D eigenvalue weighted by atomic mass is 9.14. The van der Waals surface area contributed by atoms with Crippen molar-refractivity contribution in [3.8, 4) is 28.0 Å². The first-order valence-electron chi connectivity index (χ1n) is 21.9. The molecule has 0 saturated carbocycles. The molecule has 0 fully saturated rings. The number of ether oxygens (including phenoxy) is 1. The first-order chi connectivity index (χ1) is 30.0. The quantitative estimate of drug-likeness (QED) is 0.0911. The molecule has 7 aromatic carbocycles. The Bertz CT molecular complexity index is 2630.